The van der Waals surface area contributed by atoms with Gasteiger partial charge in [-0.2, -0.15) is 0 Å². The van der Waals surface area contributed by atoms with Crippen molar-refractivity contribution in [2.24, 2.45) is 5.73 Å². The van der Waals surface area contributed by atoms with E-state index in [1.165, 1.54) is 0 Å². The number of phenols is 1. The van der Waals surface area contributed by atoms with Crippen LogP contribution in [0.4, 0.5) is 0 Å². The van der Waals surface area contributed by atoms with Gasteiger partial charge < -0.3 is 10.8 Å². The predicted octanol–water partition coefficient (Wildman–Crippen LogP) is 1.28. The Kier molecular flexibility index (Phi) is 2.69. The number of carbonyl (C=O) groups excluding carboxylic acids is 1. The number of hydrogen-bond donors (Lipinski definition) is 2. The van der Waals surface area contributed by atoms with Crippen molar-refractivity contribution in [2.75, 3.05) is 0 Å². The van der Waals surface area contributed by atoms with Crippen LogP contribution in [-0.2, 0) is 4.79 Å². The fraction of sp³-hybridized carbons (Fsp3) is 0.100. The molecule has 3 heteroatoms. The monoisotopic (exact) mass is 177 g/mol. The second-order valence-corrected chi connectivity index (χ2v) is 2.78. The molecule has 0 saturated heterocycles. The largest absolute Gasteiger partial charge is 0.508 e. The average Bonchev–Trinajstić information content (AvgIpc) is 2.08. The molecule has 1 rings (SSSR count). The number of aromatic hydroxyl groups is 1. The zero-order chi connectivity index (χ0) is 9.84. The molecule has 0 fully saturated rings. The van der Waals surface area contributed by atoms with Crippen molar-refractivity contribution in [3.05, 3.63) is 35.4 Å². The van der Waals surface area contributed by atoms with Crippen LogP contribution in [0.2, 0.25) is 0 Å². The highest BCUT2D eigenvalue weighted by Crippen LogP contribution is 2.12. The standard InChI is InChI=1S/C10H11NO2/c1-7(10(11)13)6-8-2-4-9(12)5-3-8/h2-6,12H,1H3,(H2,11,13). The van der Waals surface area contributed by atoms with Crippen LogP contribution in [0.15, 0.2) is 29.8 Å². The lowest BCUT2D eigenvalue weighted by Gasteiger charge is -1.96. The van der Waals surface area contributed by atoms with Crippen molar-refractivity contribution in [3.63, 3.8) is 0 Å². The molecule has 0 unspecified atom stereocenters. The lowest BCUT2D eigenvalue weighted by atomic mass is 10.1. The Bertz CT molecular complexity index is 338. The molecule has 0 saturated carbocycles. The van der Waals surface area contributed by atoms with E-state index in [0.717, 1.165) is 5.56 Å². The molecule has 1 amide bonds. The van der Waals surface area contributed by atoms with E-state index in [1.807, 2.05) is 0 Å². The molecule has 1 aromatic carbocycles. The van der Waals surface area contributed by atoms with E-state index in [-0.39, 0.29) is 5.75 Å². The first-order chi connectivity index (χ1) is 6.09. The summed E-state index contributed by atoms with van der Waals surface area (Å²) in [5.41, 5.74) is 6.39. The van der Waals surface area contributed by atoms with Crippen molar-refractivity contribution < 1.29 is 9.90 Å². The first kappa shape index (κ1) is 9.32. The molecule has 0 radical (unpaired) electrons. The lowest BCUT2D eigenvalue weighted by Crippen LogP contribution is -2.11. The Morgan fingerprint density at radius 3 is 2.38 bits per heavy atom. The van der Waals surface area contributed by atoms with Crippen LogP contribution in [0, 0.1) is 0 Å². The topological polar surface area (TPSA) is 63.3 Å². The van der Waals surface area contributed by atoms with Crippen molar-refractivity contribution in [3.8, 4) is 5.75 Å². The summed E-state index contributed by atoms with van der Waals surface area (Å²) >= 11 is 0. The van der Waals surface area contributed by atoms with E-state index in [2.05, 4.69) is 0 Å². The number of amides is 1. The molecule has 0 aliphatic heterocycles. The molecule has 0 aromatic heterocycles. The fourth-order valence-electron chi connectivity index (χ4n) is 0.892. The summed E-state index contributed by atoms with van der Waals surface area (Å²) < 4.78 is 0. The molecule has 3 nitrogen and oxygen atoms in total. The molecular weight excluding hydrogens is 166 g/mol. The van der Waals surface area contributed by atoms with Gasteiger partial charge in [0.25, 0.3) is 0 Å². The summed E-state index contributed by atoms with van der Waals surface area (Å²) in [5.74, 6) is -0.234. The van der Waals surface area contributed by atoms with Gasteiger partial charge in [-0.05, 0) is 30.7 Å². The molecule has 1 aromatic rings. The number of carbonyl (C=O) groups is 1. The van der Waals surface area contributed by atoms with Crippen LogP contribution in [0.3, 0.4) is 0 Å². The SMILES string of the molecule is CC(=Cc1ccc(O)cc1)C(N)=O. The molecule has 0 heterocycles. The van der Waals surface area contributed by atoms with Gasteiger partial charge in [-0.15, -0.1) is 0 Å². The summed E-state index contributed by atoms with van der Waals surface area (Å²) in [6.45, 7) is 1.65. The molecule has 0 bridgehead atoms. The number of hydrogen-bond acceptors (Lipinski definition) is 2. The third kappa shape index (κ3) is 2.63. The van der Waals surface area contributed by atoms with Crippen molar-refractivity contribution in [1.29, 1.82) is 0 Å². The Morgan fingerprint density at radius 2 is 1.92 bits per heavy atom. The number of nitrogens with two attached hydrogens (primary N) is 1. The third-order valence-electron chi connectivity index (χ3n) is 1.66. The highest BCUT2D eigenvalue weighted by atomic mass is 16.3. The minimum Gasteiger partial charge on any atom is -0.508 e. The quantitative estimate of drug-likeness (QED) is 0.668. The van der Waals surface area contributed by atoms with Crippen molar-refractivity contribution in [2.45, 2.75) is 6.92 Å². The first-order valence-electron chi connectivity index (χ1n) is 3.87. The van der Waals surface area contributed by atoms with E-state index < -0.39 is 5.91 Å². The van der Waals surface area contributed by atoms with Gasteiger partial charge in [-0.1, -0.05) is 12.1 Å². The number of rotatable bonds is 2. The summed E-state index contributed by atoms with van der Waals surface area (Å²) in [6.07, 6.45) is 1.67. The Balaban J connectivity index is 2.92. The Labute approximate surface area is 76.5 Å². The lowest BCUT2D eigenvalue weighted by molar-refractivity contribution is -0.114. The van der Waals surface area contributed by atoms with E-state index in [0.29, 0.717) is 5.57 Å². The minimum atomic E-state index is -0.437. The van der Waals surface area contributed by atoms with Gasteiger partial charge in [-0.3, -0.25) is 4.79 Å². The smallest absolute Gasteiger partial charge is 0.244 e. The zero-order valence-electron chi connectivity index (χ0n) is 7.32. The average molecular weight is 177 g/mol. The summed E-state index contributed by atoms with van der Waals surface area (Å²) in [7, 11) is 0. The van der Waals surface area contributed by atoms with E-state index in [1.54, 1.807) is 37.3 Å². The summed E-state index contributed by atoms with van der Waals surface area (Å²) in [4.78, 5) is 10.7. The molecule has 0 atom stereocenters. The zero-order valence-corrected chi connectivity index (χ0v) is 7.32. The van der Waals surface area contributed by atoms with Crippen LogP contribution in [0.25, 0.3) is 6.08 Å². The van der Waals surface area contributed by atoms with Gasteiger partial charge in [0.15, 0.2) is 0 Å². The molecule has 0 spiro atoms. The van der Waals surface area contributed by atoms with Crippen LogP contribution in [0.5, 0.6) is 5.75 Å². The molecule has 68 valence electrons. The van der Waals surface area contributed by atoms with Gasteiger partial charge >= 0.3 is 0 Å². The van der Waals surface area contributed by atoms with Crippen molar-refractivity contribution >= 4 is 12.0 Å². The maximum Gasteiger partial charge on any atom is 0.244 e. The number of benzene rings is 1. The first-order valence-corrected chi connectivity index (χ1v) is 3.87. The minimum absolute atomic E-state index is 0.203. The molecule has 0 aliphatic carbocycles. The molecular formula is C10H11NO2. The van der Waals surface area contributed by atoms with E-state index in [4.69, 9.17) is 10.8 Å². The molecule has 3 N–H and O–H groups in total. The predicted molar refractivity (Wildman–Crippen MR) is 51.0 cm³/mol. The summed E-state index contributed by atoms with van der Waals surface area (Å²) in [6, 6.07) is 6.53. The van der Waals surface area contributed by atoms with Gasteiger partial charge in [0, 0.05) is 5.57 Å². The Morgan fingerprint density at radius 1 is 1.38 bits per heavy atom. The van der Waals surface area contributed by atoms with Gasteiger partial charge in [0.05, 0.1) is 0 Å². The van der Waals surface area contributed by atoms with Crippen LogP contribution in [0.1, 0.15) is 12.5 Å². The Hall–Kier alpha value is -1.77. The molecule has 0 aliphatic rings. The maximum atomic E-state index is 10.7. The summed E-state index contributed by atoms with van der Waals surface area (Å²) in [5, 5.41) is 8.99. The van der Waals surface area contributed by atoms with Crippen LogP contribution >= 0.6 is 0 Å². The highest BCUT2D eigenvalue weighted by molar-refractivity contribution is 5.95. The fourth-order valence-corrected chi connectivity index (χ4v) is 0.892. The number of primary amides is 1. The third-order valence-corrected chi connectivity index (χ3v) is 1.66. The van der Waals surface area contributed by atoms with Crippen LogP contribution < -0.4 is 5.73 Å². The van der Waals surface area contributed by atoms with Gasteiger partial charge in [-0.25, -0.2) is 0 Å². The van der Waals surface area contributed by atoms with Crippen molar-refractivity contribution in [1.82, 2.24) is 0 Å². The normalized spacial score (nSPS) is 11.3. The van der Waals surface area contributed by atoms with Gasteiger partial charge in [0.2, 0.25) is 5.91 Å². The maximum absolute atomic E-state index is 10.7. The van der Waals surface area contributed by atoms with E-state index in [9.17, 15) is 4.79 Å². The second-order valence-electron chi connectivity index (χ2n) is 2.78. The van der Waals surface area contributed by atoms with Gasteiger partial charge in [0.1, 0.15) is 5.75 Å². The molecule has 13 heavy (non-hydrogen) atoms. The highest BCUT2D eigenvalue weighted by Gasteiger charge is 1.96. The number of phenolic OH excluding ortho intramolecular Hbond substituents is 1. The second kappa shape index (κ2) is 3.76. The van der Waals surface area contributed by atoms with Crippen LogP contribution in [-0.4, -0.2) is 11.0 Å². The van der Waals surface area contributed by atoms with E-state index >= 15 is 0 Å².